The number of nitrogens with one attached hydrogen (secondary N) is 1. The van der Waals surface area contributed by atoms with Gasteiger partial charge in [-0.1, -0.05) is 36.5 Å². The third-order valence-electron chi connectivity index (χ3n) is 3.72. The van der Waals surface area contributed by atoms with Gasteiger partial charge < -0.3 is 10.1 Å². The van der Waals surface area contributed by atoms with Gasteiger partial charge in [-0.25, -0.2) is 4.98 Å². The van der Waals surface area contributed by atoms with Crippen LogP contribution in [-0.2, 0) is 11.2 Å². The highest BCUT2D eigenvalue weighted by atomic mass is 32.1. The zero-order valence-corrected chi connectivity index (χ0v) is 14.7. The highest BCUT2D eigenvalue weighted by Crippen LogP contribution is 2.26. The minimum Gasteiger partial charge on any atom is -0.493 e. The van der Waals surface area contributed by atoms with Gasteiger partial charge in [0, 0.05) is 0 Å². The molecule has 1 aromatic heterocycles. The Balaban J connectivity index is 1.51. The van der Waals surface area contributed by atoms with E-state index >= 15 is 0 Å². The van der Waals surface area contributed by atoms with Crippen molar-refractivity contribution in [1.82, 2.24) is 4.98 Å². The van der Waals surface area contributed by atoms with Crippen LogP contribution in [0.5, 0.6) is 5.75 Å². The molecule has 0 saturated carbocycles. The first-order valence-corrected chi connectivity index (χ1v) is 8.84. The fourth-order valence-corrected chi connectivity index (χ4v) is 3.33. The Morgan fingerprint density at radius 3 is 2.75 bits per heavy atom. The normalized spacial score (nSPS) is 10.8. The second-order valence-corrected chi connectivity index (χ2v) is 6.66. The standard InChI is InChI=1S/C19H20N2O2S/c1-3-14-5-7-15(8-6-14)23-11-10-18(22)21-19-20-16-9-4-13(2)12-17(16)24-19/h4-9,12H,3,10-11H2,1-2H3,(H,20,21,22). The summed E-state index contributed by atoms with van der Waals surface area (Å²) in [6, 6.07) is 14.0. The summed E-state index contributed by atoms with van der Waals surface area (Å²) in [6.45, 7) is 4.51. The number of rotatable bonds is 6. The topological polar surface area (TPSA) is 51.2 Å². The van der Waals surface area contributed by atoms with Gasteiger partial charge in [0.25, 0.3) is 0 Å². The first-order chi connectivity index (χ1) is 11.6. The second-order valence-electron chi connectivity index (χ2n) is 5.63. The first kappa shape index (κ1) is 16.5. The van der Waals surface area contributed by atoms with Gasteiger partial charge in [-0.05, 0) is 48.7 Å². The summed E-state index contributed by atoms with van der Waals surface area (Å²) >= 11 is 1.49. The highest BCUT2D eigenvalue weighted by Gasteiger charge is 2.08. The zero-order valence-electron chi connectivity index (χ0n) is 13.8. The van der Waals surface area contributed by atoms with Crippen LogP contribution in [0.2, 0.25) is 0 Å². The molecular formula is C19H20N2O2S. The van der Waals surface area contributed by atoms with Crippen LogP contribution < -0.4 is 10.1 Å². The number of carbonyl (C=O) groups excluding carboxylic acids is 1. The third kappa shape index (κ3) is 4.11. The Hall–Kier alpha value is -2.40. The van der Waals surface area contributed by atoms with E-state index in [1.807, 2.05) is 43.3 Å². The van der Waals surface area contributed by atoms with E-state index in [1.54, 1.807) is 0 Å². The van der Waals surface area contributed by atoms with Gasteiger partial charge in [0.05, 0.1) is 23.2 Å². The van der Waals surface area contributed by atoms with Gasteiger partial charge in [0.1, 0.15) is 5.75 Å². The van der Waals surface area contributed by atoms with Crippen LogP contribution in [0.4, 0.5) is 5.13 Å². The largest absolute Gasteiger partial charge is 0.493 e. The number of amides is 1. The quantitative estimate of drug-likeness (QED) is 0.715. The molecule has 1 heterocycles. The Morgan fingerprint density at radius 2 is 2.00 bits per heavy atom. The molecule has 5 heteroatoms. The fourth-order valence-electron chi connectivity index (χ4n) is 2.35. The van der Waals surface area contributed by atoms with Gasteiger partial charge in [-0.3, -0.25) is 4.79 Å². The molecule has 0 radical (unpaired) electrons. The molecule has 0 aliphatic rings. The zero-order chi connectivity index (χ0) is 16.9. The third-order valence-corrected chi connectivity index (χ3v) is 4.65. The van der Waals surface area contributed by atoms with Crippen LogP contribution in [0.3, 0.4) is 0 Å². The molecule has 0 atom stereocenters. The van der Waals surface area contributed by atoms with Gasteiger partial charge in [0.2, 0.25) is 5.91 Å². The number of nitrogens with zero attached hydrogens (tertiary/aromatic N) is 1. The second kappa shape index (κ2) is 7.45. The van der Waals surface area contributed by atoms with Crippen LogP contribution in [0.25, 0.3) is 10.2 Å². The molecule has 0 spiro atoms. The van der Waals surface area contributed by atoms with Gasteiger partial charge >= 0.3 is 0 Å². The lowest BCUT2D eigenvalue weighted by Crippen LogP contribution is -2.15. The predicted octanol–water partition coefficient (Wildman–Crippen LogP) is 4.57. The molecule has 0 saturated heterocycles. The Morgan fingerprint density at radius 1 is 1.21 bits per heavy atom. The van der Waals surface area contributed by atoms with E-state index in [9.17, 15) is 4.79 Å². The summed E-state index contributed by atoms with van der Waals surface area (Å²) < 4.78 is 6.69. The molecule has 2 aromatic carbocycles. The van der Waals surface area contributed by atoms with Crippen LogP contribution in [-0.4, -0.2) is 17.5 Å². The Kier molecular flexibility index (Phi) is 5.11. The number of aromatic nitrogens is 1. The lowest BCUT2D eigenvalue weighted by atomic mass is 10.2. The minimum absolute atomic E-state index is 0.0871. The number of carbonyl (C=O) groups is 1. The molecule has 124 valence electrons. The van der Waals surface area contributed by atoms with Gasteiger partial charge in [-0.2, -0.15) is 0 Å². The van der Waals surface area contributed by atoms with E-state index in [0.29, 0.717) is 18.2 Å². The summed E-state index contributed by atoms with van der Waals surface area (Å²) in [7, 11) is 0. The lowest BCUT2D eigenvalue weighted by Gasteiger charge is -2.06. The number of hydrogen-bond acceptors (Lipinski definition) is 4. The van der Waals surface area contributed by atoms with Crippen LogP contribution in [0.15, 0.2) is 42.5 Å². The number of anilines is 1. The maximum absolute atomic E-state index is 12.0. The van der Waals surface area contributed by atoms with Crippen molar-refractivity contribution in [3.8, 4) is 5.75 Å². The summed E-state index contributed by atoms with van der Waals surface area (Å²) in [6.07, 6.45) is 1.30. The molecule has 0 aliphatic heterocycles. The average Bonchev–Trinajstić information content (AvgIpc) is 2.96. The smallest absolute Gasteiger partial charge is 0.229 e. The molecule has 4 nitrogen and oxygen atoms in total. The molecular weight excluding hydrogens is 320 g/mol. The van der Waals surface area contributed by atoms with Crippen molar-refractivity contribution in [3.63, 3.8) is 0 Å². The van der Waals surface area contributed by atoms with Gasteiger partial charge in [0.15, 0.2) is 5.13 Å². The van der Waals surface area contributed by atoms with Crippen LogP contribution in [0.1, 0.15) is 24.5 Å². The van der Waals surface area contributed by atoms with E-state index in [0.717, 1.165) is 22.4 Å². The predicted molar refractivity (Wildman–Crippen MR) is 98.9 cm³/mol. The van der Waals surface area contributed by atoms with Crippen molar-refractivity contribution in [3.05, 3.63) is 53.6 Å². The average molecular weight is 340 g/mol. The maximum Gasteiger partial charge on any atom is 0.229 e. The van der Waals surface area contributed by atoms with E-state index < -0.39 is 0 Å². The Labute approximate surface area is 145 Å². The number of ether oxygens (including phenoxy) is 1. The molecule has 1 amide bonds. The molecule has 0 unspecified atom stereocenters. The molecule has 0 fully saturated rings. The lowest BCUT2D eigenvalue weighted by molar-refractivity contribution is -0.116. The van der Waals surface area contributed by atoms with Gasteiger partial charge in [-0.15, -0.1) is 0 Å². The summed E-state index contributed by atoms with van der Waals surface area (Å²) in [5, 5.41) is 3.48. The van der Waals surface area contributed by atoms with Crippen molar-refractivity contribution in [2.24, 2.45) is 0 Å². The minimum atomic E-state index is -0.0871. The van der Waals surface area contributed by atoms with Crippen molar-refractivity contribution in [1.29, 1.82) is 0 Å². The van der Waals surface area contributed by atoms with E-state index in [2.05, 4.69) is 23.3 Å². The molecule has 3 rings (SSSR count). The molecule has 3 aromatic rings. The monoisotopic (exact) mass is 340 g/mol. The molecule has 24 heavy (non-hydrogen) atoms. The number of thiazole rings is 1. The summed E-state index contributed by atoms with van der Waals surface area (Å²) in [4.78, 5) is 16.4. The number of aryl methyl sites for hydroxylation is 2. The number of hydrogen-bond donors (Lipinski definition) is 1. The van der Waals surface area contributed by atoms with E-state index in [1.165, 1.54) is 22.5 Å². The molecule has 0 aliphatic carbocycles. The van der Waals surface area contributed by atoms with E-state index in [4.69, 9.17) is 4.74 Å². The molecule has 0 bridgehead atoms. The van der Waals surface area contributed by atoms with Crippen molar-refractivity contribution in [2.75, 3.05) is 11.9 Å². The maximum atomic E-state index is 12.0. The Bertz CT molecular complexity index is 840. The van der Waals surface area contributed by atoms with E-state index in [-0.39, 0.29) is 5.91 Å². The highest BCUT2D eigenvalue weighted by molar-refractivity contribution is 7.22. The van der Waals surface area contributed by atoms with Crippen molar-refractivity contribution >= 4 is 32.6 Å². The summed E-state index contributed by atoms with van der Waals surface area (Å²) in [5.74, 6) is 0.700. The summed E-state index contributed by atoms with van der Waals surface area (Å²) in [5.41, 5.74) is 3.37. The molecule has 1 N–H and O–H groups in total. The fraction of sp³-hybridized carbons (Fsp3) is 0.263. The number of benzene rings is 2. The SMILES string of the molecule is CCc1ccc(OCCC(=O)Nc2nc3ccc(C)cc3s2)cc1. The van der Waals surface area contributed by atoms with Crippen LogP contribution >= 0.6 is 11.3 Å². The van der Waals surface area contributed by atoms with Crippen LogP contribution in [0, 0.1) is 6.92 Å². The van der Waals surface area contributed by atoms with Crippen molar-refractivity contribution < 1.29 is 9.53 Å². The first-order valence-electron chi connectivity index (χ1n) is 8.03. The number of fused-ring (bicyclic) bond motifs is 1. The van der Waals surface area contributed by atoms with Crippen molar-refractivity contribution in [2.45, 2.75) is 26.7 Å².